The molecule has 0 aromatic carbocycles. The lowest BCUT2D eigenvalue weighted by Crippen LogP contribution is -2.60. The molecule has 1 atom stereocenters. The van der Waals surface area contributed by atoms with Crippen LogP contribution in [0.1, 0.15) is 45.4 Å². The van der Waals surface area contributed by atoms with Crippen molar-refractivity contribution in [3.8, 4) is 11.6 Å². The molecule has 2 aromatic heterocycles. The van der Waals surface area contributed by atoms with Gasteiger partial charge in [-0.05, 0) is 75.3 Å². The van der Waals surface area contributed by atoms with Gasteiger partial charge in [0.05, 0.1) is 11.5 Å². The van der Waals surface area contributed by atoms with Crippen LogP contribution in [-0.2, 0) is 11.8 Å². The number of furan rings is 1. The highest BCUT2D eigenvalue weighted by Crippen LogP contribution is 2.55. The van der Waals surface area contributed by atoms with E-state index < -0.39 is 0 Å². The van der Waals surface area contributed by atoms with Gasteiger partial charge >= 0.3 is 0 Å². The van der Waals surface area contributed by atoms with Gasteiger partial charge in [0.2, 0.25) is 5.91 Å². The molecular weight excluding hydrogens is 360 g/mol. The van der Waals surface area contributed by atoms with Crippen LogP contribution in [0.4, 0.5) is 0 Å². The summed E-state index contributed by atoms with van der Waals surface area (Å²) in [5.41, 5.74) is 0.0554. The van der Waals surface area contributed by atoms with E-state index in [1.54, 1.807) is 6.26 Å². The molecule has 0 saturated heterocycles. The molecule has 4 fully saturated rings. The Morgan fingerprint density at radius 1 is 1.26 bits per heavy atom. The standard InChI is InChI=1S/C20H26N4O2S/c1-12(27-19-23-22-17(24(19)2)16-4-3-5-26-16)18(25)21-20-9-13-6-14(10-20)8-15(7-13)11-20/h3-5,12-15H,6-11H2,1-2H3,(H,21,25). The van der Waals surface area contributed by atoms with Gasteiger partial charge in [0.1, 0.15) is 0 Å². The van der Waals surface area contributed by atoms with E-state index in [2.05, 4.69) is 15.5 Å². The summed E-state index contributed by atoms with van der Waals surface area (Å²) in [6.07, 6.45) is 9.30. The highest BCUT2D eigenvalue weighted by atomic mass is 32.2. The lowest BCUT2D eigenvalue weighted by atomic mass is 9.53. The van der Waals surface area contributed by atoms with Crippen molar-refractivity contribution < 1.29 is 9.21 Å². The average Bonchev–Trinajstić information content (AvgIpc) is 3.24. The monoisotopic (exact) mass is 386 g/mol. The van der Waals surface area contributed by atoms with E-state index in [-0.39, 0.29) is 16.7 Å². The van der Waals surface area contributed by atoms with Crippen molar-refractivity contribution in [2.45, 2.75) is 61.4 Å². The van der Waals surface area contributed by atoms with Gasteiger partial charge in [-0.3, -0.25) is 4.79 Å². The fourth-order valence-electron chi connectivity index (χ4n) is 5.88. The predicted molar refractivity (Wildman–Crippen MR) is 103 cm³/mol. The molecule has 2 heterocycles. The van der Waals surface area contributed by atoms with Crippen LogP contribution in [0.25, 0.3) is 11.6 Å². The summed E-state index contributed by atoms with van der Waals surface area (Å²) in [4.78, 5) is 13.0. The van der Waals surface area contributed by atoms with Crippen LogP contribution in [0, 0.1) is 17.8 Å². The minimum Gasteiger partial charge on any atom is -0.461 e. The lowest BCUT2D eigenvalue weighted by molar-refractivity contribution is -0.126. The van der Waals surface area contributed by atoms with Crippen molar-refractivity contribution in [3.63, 3.8) is 0 Å². The highest BCUT2D eigenvalue weighted by molar-refractivity contribution is 8.00. The Balaban J connectivity index is 1.27. The SMILES string of the molecule is CC(Sc1nnc(-c2ccco2)n1C)C(=O)NC12CC3CC(CC(C3)C1)C2. The third kappa shape index (κ3) is 3.10. The van der Waals surface area contributed by atoms with E-state index in [0.29, 0.717) is 11.6 Å². The Kier molecular flexibility index (Phi) is 4.11. The van der Waals surface area contributed by atoms with E-state index in [4.69, 9.17) is 4.42 Å². The summed E-state index contributed by atoms with van der Waals surface area (Å²) in [5, 5.41) is 12.5. The maximum atomic E-state index is 13.0. The highest BCUT2D eigenvalue weighted by Gasteiger charge is 2.51. The van der Waals surface area contributed by atoms with E-state index in [1.165, 1.54) is 50.3 Å². The minimum absolute atomic E-state index is 0.0554. The Morgan fingerprint density at radius 3 is 2.52 bits per heavy atom. The molecule has 2 aromatic rings. The number of thioether (sulfide) groups is 1. The van der Waals surface area contributed by atoms with Crippen molar-refractivity contribution in [2.24, 2.45) is 24.8 Å². The minimum atomic E-state index is -0.203. The van der Waals surface area contributed by atoms with Crippen LogP contribution >= 0.6 is 11.8 Å². The zero-order valence-electron chi connectivity index (χ0n) is 15.9. The number of hydrogen-bond donors (Lipinski definition) is 1. The summed E-state index contributed by atoms with van der Waals surface area (Å²) >= 11 is 1.46. The van der Waals surface area contributed by atoms with E-state index >= 15 is 0 Å². The second-order valence-corrected chi connectivity index (χ2v) is 10.1. The number of aromatic nitrogens is 3. The number of rotatable bonds is 5. The van der Waals surface area contributed by atoms with Crippen molar-refractivity contribution >= 4 is 17.7 Å². The van der Waals surface area contributed by atoms with Gasteiger partial charge in [-0.25, -0.2) is 0 Å². The molecular formula is C20H26N4O2S. The Labute approximate surface area is 163 Å². The van der Waals surface area contributed by atoms with Gasteiger partial charge in [0, 0.05) is 12.6 Å². The van der Waals surface area contributed by atoms with Crippen molar-refractivity contribution in [2.75, 3.05) is 0 Å². The van der Waals surface area contributed by atoms with Gasteiger partial charge < -0.3 is 14.3 Å². The molecule has 7 heteroatoms. The van der Waals surface area contributed by atoms with Crippen LogP contribution < -0.4 is 5.32 Å². The van der Waals surface area contributed by atoms with Crippen LogP contribution in [0.15, 0.2) is 28.0 Å². The molecule has 6 rings (SSSR count). The largest absolute Gasteiger partial charge is 0.461 e. The molecule has 6 nitrogen and oxygen atoms in total. The number of hydrogen-bond acceptors (Lipinski definition) is 5. The average molecular weight is 387 g/mol. The third-order valence-corrected chi connectivity index (χ3v) is 7.79. The molecule has 4 saturated carbocycles. The lowest BCUT2D eigenvalue weighted by Gasteiger charge is -2.57. The fourth-order valence-corrected chi connectivity index (χ4v) is 6.69. The summed E-state index contributed by atoms with van der Waals surface area (Å²) in [6.45, 7) is 1.96. The normalized spacial score (nSPS) is 32.6. The summed E-state index contributed by atoms with van der Waals surface area (Å²) in [7, 11) is 1.91. The van der Waals surface area contributed by atoms with E-state index in [0.717, 1.165) is 22.9 Å². The number of amides is 1. The molecule has 4 aliphatic carbocycles. The maximum absolute atomic E-state index is 13.0. The first-order valence-corrected chi connectivity index (χ1v) is 10.8. The molecule has 0 spiro atoms. The Bertz CT molecular complexity index is 809. The van der Waals surface area contributed by atoms with E-state index in [9.17, 15) is 4.79 Å². The fraction of sp³-hybridized carbons (Fsp3) is 0.650. The molecule has 4 aliphatic rings. The van der Waals surface area contributed by atoms with Crippen LogP contribution in [0.5, 0.6) is 0 Å². The van der Waals surface area contributed by atoms with Gasteiger partial charge in [0.15, 0.2) is 16.7 Å². The quantitative estimate of drug-likeness (QED) is 0.794. The molecule has 27 heavy (non-hydrogen) atoms. The second-order valence-electron chi connectivity index (χ2n) is 8.79. The topological polar surface area (TPSA) is 73.0 Å². The first-order chi connectivity index (χ1) is 13.0. The first-order valence-electron chi connectivity index (χ1n) is 9.93. The maximum Gasteiger partial charge on any atom is 0.233 e. The summed E-state index contributed by atoms with van der Waals surface area (Å²) in [5.74, 6) is 3.97. The van der Waals surface area contributed by atoms with Gasteiger partial charge in [0.25, 0.3) is 0 Å². The van der Waals surface area contributed by atoms with Crippen molar-refractivity contribution in [1.82, 2.24) is 20.1 Å². The summed E-state index contributed by atoms with van der Waals surface area (Å²) < 4.78 is 7.30. The second kappa shape index (κ2) is 6.40. The predicted octanol–water partition coefficient (Wildman–Crippen LogP) is 3.64. The zero-order valence-corrected chi connectivity index (χ0v) is 16.7. The van der Waals surface area contributed by atoms with Crippen LogP contribution in [-0.4, -0.2) is 31.5 Å². The number of carbonyl (C=O) groups excluding carboxylic acids is 1. The van der Waals surface area contributed by atoms with Gasteiger partial charge in [-0.2, -0.15) is 0 Å². The molecule has 0 radical (unpaired) electrons. The molecule has 1 unspecified atom stereocenters. The molecule has 0 aliphatic heterocycles. The van der Waals surface area contributed by atoms with Crippen LogP contribution in [0.2, 0.25) is 0 Å². The molecule has 1 N–H and O–H groups in total. The molecule has 4 bridgehead atoms. The van der Waals surface area contributed by atoms with Gasteiger partial charge in [-0.15, -0.1) is 10.2 Å². The third-order valence-electron chi connectivity index (χ3n) is 6.65. The number of nitrogens with zero attached hydrogens (tertiary/aromatic N) is 3. The Morgan fingerprint density at radius 2 is 1.93 bits per heavy atom. The van der Waals surface area contributed by atoms with Crippen LogP contribution in [0.3, 0.4) is 0 Å². The van der Waals surface area contributed by atoms with Crippen molar-refractivity contribution in [1.29, 1.82) is 0 Å². The number of carbonyl (C=O) groups is 1. The molecule has 1 amide bonds. The zero-order chi connectivity index (χ0) is 18.6. The van der Waals surface area contributed by atoms with Crippen molar-refractivity contribution in [3.05, 3.63) is 18.4 Å². The number of nitrogens with one attached hydrogen (secondary N) is 1. The smallest absolute Gasteiger partial charge is 0.233 e. The Hall–Kier alpha value is -1.76. The summed E-state index contributed by atoms with van der Waals surface area (Å²) in [6, 6.07) is 3.69. The first kappa shape index (κ1) is 17.3. The van der Waals surface area contributed by atoms with Gasteiger partial charge in [-0.1, -0.05) is 11.8 Å². The van der Waals surface area contributed by atoms with E-state index in [1.807, 2.05) is 30.7 Å². The molecule has 144 valence electrons.